The summed E-state index contributed by atoms with van der Waals surface area (Å²) in [5, 5.41) is 0. The fraction of sp³-hybridized carbons (Fsp3) is 0.417. The lowest BCUT2D eigenvalue weighted by Gasteiger charge is -2.02. The molecule has 0 spiro atoms. The Morgan fingerprint density at radius 1 is 1.53 bits per heavy atom. The minimum absolute atomic E-state index is 0.157. The molecule has 3 nitrogen and oxygen atoms in total. The molecule has 0 amide bonds. The summed E-state index contributed by atoms with van der Waals surface area (Å²) in [6.07, 6.45) is 0.776. The number of hydrogen-bond donors (Lipinski definition) is 1. The minimum Gasteiger partial charge on any atom is -0.478 e. The van der Waals surface area contributed by atoms with Gasteiger partial charge in [0.15, 0.2) is 5.90 Å². The first-order valence-corrected chi connectivity index (χ1v) is 5.23. The summed E-state index contributed by atoms with van der Waals surface area (Å²) in [7, 11) is 0. The number of hydrogen-bond acceptors (Lipinski definition) is 3. The average Bonchev–Trinajstić information content (AvgIpc) is 2.65. The monoisotopic (exact) mass is 204 g/mol. The van der Waals surface area contributed by atoms with E-state index in [-0.39, 0.29) is 6.04 Å². The molecule has 0 aliphatic carbocycles. The van der Waals surface area contributed by atoms with Gasteiger partial charge in [-0.05, 0) is 12.5 Å². The SMILES string of the molecule is Cc1cccc(CC2=NC(CN)CO2)c1. The van der Waals surface area contributed by atoms with Crippen LogP contribution in [0.2, 0.25) is 0 Å². The first-order valence-electron chi connectivity index (χ1n) is 5.23. The van der Waals surface area contributed by atoms with Crippen molar-refractivity contribution in [3.05, 3.63) is 35.4 Å². The largest absolute Gasteiger partial charge is 0.478 e. The van der Waals surface area contributed by atoms with E-state index in [0.29, 0.717) is 13.2 Å². The van der Waals surface area contributed by atoms with Gasteiger partial charge < -0.3 is 10.5 Å². The number of ether oxygens (including phenoxy) is 1. The lowest BCUT2D eigenvalue weighted by Crippen LogP contribution is -2.18. The van der Waals surface area contributed by atoms with Crippen LogP contribution in [-0.2, 0) is 11.2 Å². The van der Waals surface area contributed by atoms with Gasteiger partial charge in [-0.3, -0.25) is 0 Å². The molecule has 2 rings (SSSR count). The molecule has 1 aromatic rings. The van der Waals surface area contributed by atoms with Gasteiger partial charge in [-0.2, -0.15) is 0 Å². The summed E-state index contributed by atoms with van der Waals surface area (Å²) < 4.78 is 5.47. The second kappa shape index (κ2) is 4.45. The molecule has 0 aromatic heterocycles. The number of nitrogens with two attached hydrogens (primary N) is 1. The fourth-order valence-electron chi connectivity index (χ4n) is 1.68. The molecule has 2 N–H and O–H groups in total. The second-order valence-corrected chi connectivity index (χ2v) is 3.89. The maximum absolute atomic E-state index is 5.53. The predicted octanol–water partition coefficient (Wildman–Crippen LogP) is 1.29. The van der Waals surface area contributed by atoms with Crippen LogP contribution < -0.4 is 5.73 Å². The van der Waals surface area contributed by atoms with Gasteiger partial charge in [-0.25, -0.2) is 4.99 Å². The summed E-state index contributed by atoms with van der Waals surface area (Å²) in [4.78, 5) is 4.40. The van der Waals surface area contributed by atoms with E-state index >= 15 is 0 Å². The standard InChI is InChI=1S/C12H16N2O/c1-9-3-2-4-10(5-9)6-12-14-11(7-13)8-15-12/h2-5,11H,6-8,13H2,1H3. The van der Waals surface area contributed by atoms with Crippen molar-refractivity contribution in [2.24, 2.45) is 10.7 Å². The van der Waals surface area contributed by atoms with E-state index in [0.717, 1.165) is 12.3 Å². The zero-order valence-electron chi connectivity index (χ0n) is 8.94. The van der Waals surface area contributed by atoms with E-state index in [1.165, 1.54) is 11.1 Å². The van der Waals surface area contributed by atoms with Crippen molar-refractivity contribution in [2.75, 3.05) is 13.2 Å². The molecule has 1 unspecified atom stereocenters. The predicted molar refractivity (Wildman–Crippen MR) is 61.1 cm³/mol. The van der Waals surface area contributed by atoms with Gasteiger partial charge >= 0.3 is 0 Å². The number of aliphatic imine (C=N–C) groups is 1. The molecule has 15 heavy (non-hydrogen) atoms. The van der Waals surface area contributed by atoms with E-state index in [1.807, 2.05) is 0 Å². The van der Waals surface area contributed by atoms with Gasteiger partial charge in [0.25, 0.3) is 0 Å². The van der Waals surface area contributed by atoms with Crippen molar-refractivity contribution in [2.45, 2.75) is 19.4 Å². The molecule has 1 atom stereocenters. The van der Waals surface area contributed by atoms with Gasteiger partial charge in [0, 0.05) is 13.0 Å². The Balaban J connectivity index is 2.03. The Labute approximate surface area is 90.0 Å². The Morgan fingerprint density at radius 2 is 2.40 bits per heavy atom. The molecule has 3 heteroatoms. The molecular weight excluding hydrogens is 188 g/mol. The molecule has 80 valence electrons. The Morgan fingerprint density at radius 3 is 3.07 bits per heavy atom. The summed E-state index contributed by atoms with van der Waals surface area (Å²) in [5.74, 6) is 0.816. The van der Waals surface area contributed by atoms with Crippen molar-refractivity contribution in [1.82, 2.24) is 0 Å². The van der Waals surface area contributed by atoms with E-state index in [2.05, 4.69) is 36.2 Å². The smallest absolute Gasteiger partial charge is 0.188 e. The first kappa shape index (κ1) is 10.2. The molecule has 1 aliphatic heterocycles. The summed E-state index contributed by atoms with van der Waals surface area (Å²) in [5.41, 5.74) is 8.03. The third kappa shape index (κ3) is 2.57. The lowest BCUT2D eigenvalue weighted by molar-refractivity contribution is 0.313. The number of nitrogens with zero attached hydrogens (tertiary/aromatic N) is 1. The third-order valence-electron chi connectivity index (χ3n) is 2.48. The van der Waals surface area contributed by atoms with E-state index in [1.54, 1.807) is 0 Å². The first-order chi connectivity index (χ1) is 7.28. The van der Waals surface area contributed by atoms with Crippen molar-refractivity contribution in [1.29, 1.82) is 0 Å². The summed E-state index contributed by atoms with van der Waals surface area (Å²) in [6, 6.07) is 8.55. The highest BCUT2D eigenvalue weighted by Crippen LogP contribution is 2.10. The van der Waals surface area contributed by atoms with Gasteiger partial charge in [0.1, 0.15) is 6.61 Å². The number of aryl methyl sites for hydroxylation is 1. The molecule has 0 fully saturated rings. The van der Waals surface area contributed by atoms with Crippen LogP contribution >= 0.6 is 0 Å². The molecule has 1 heterocycles. The molecule has 0 radical (unpaired) electrons. The minimum atomic E-state index is 0.157. The Kier molecular flexibility index (Phi) is 3.02. The quantitative estimate of drug-likeness (QED) is 0.806. The Bertz CT molecular complexity index is 374. The molecule has 0 saturated carbocycles. The molecule has 1 aliphatic rings. The van der Waals surface area contributed by atoms with E-state index < -0.39 is 0 Å². The molecule has 0 saturated heterocycles. The van der Waals surface area contributed by atoms with Gasteiger partial charge in [0.05, 0.1) is 6.04 Å². The summed E-state index contributed by atoms with van der Waals surface area (Å²) in [6.45, 7) is 3.29. The Hall–Kier alpha value is -1.35. The maximum atomic E-state index is 5.53. The van der Waals surface area contributed by atoms with Gasteiger partial charge in [-0.1, -0.05) is 29.8 Å². The van der Waals surface area contributed by atoms with Gasteiger partial charge in [0.2, 0.25) is 0 Å². The highest BCUT2D eigenvalue weighted by atomic mass is 16.5. The van der Waals surface area contributed by atoms with Crippen LogP contribution in [0.3, 0.4) is 0 Å². The third-order valence-corrected chi connectivity index (χ3v) is 2.48. The summed E-state index contributed by atoms with van der Waals surface area (Å²) >= 11 is 0. The maximum Gasteiger partial charge on any atom is 0.188 e. The van der Waals surface area contributed by atoms with Crippen LogP contribution in [0.1, 0.15) is 11.1 Å². The van der Waals surface area contributed by atoms with Crippen LogP contribution in [0.4, 0.5) is 0 Å². The van der Waals surface area contributed by atoms with Crippen molar-refractivity contribution in [3.8, 4) is 0 Å². The van der Waals surface area contributed by atoms with Crippen LogP contribution in [0.15, 0.2) is 29.3 Å². The number of benzene rings is 1. The fourth-order valence-corrected chi connectivity index (χ4v) is 1.68. The zero-order chi connectivity index (χ0) is 10.7. The van der Waals surface area contributed by atoms with Crippen LogP contribution in [0.5, 0.6) is 0 Å². The average molecular weight is 204 g/mol. The van der Waals surface area contributed by atoms with Crippen LogP contribution in [-0.4, -0.2) is 25.1 Å². The number of rotatable bonds is 3. The van der Waals surface area contributed by atoms with E-state index in [4.69, 9.17) is 10.5 Å². The van der Waals surface area contributed by atoms with Crippen molar-refractivity contribution >= 4 is 5.90 Å². The molecular formula is C12H16N2O. The van der Waals surface area contributed by atoms with Crippen LogP contribution in [0.25, 0.3) is 0 Å². The molecule has 1 aromatic carbocycles. The van der Waals surface area contributed by atoms with Crippen LogP contribution in [0, 0.1) is 6.92 Å². The topological polar surface area (TPSA) is 47.6 Å². The molecule has 0 bridgehead atoms. The normalized spacial score (nSPS) is 19.9. The highest BCUT2D eigenvalue weighted by molar-refractivity contribution is 5.80. The van der Waals surface area contributed by atoms with Crippen molar-refractivity contribution < 1.29 is 4.74 Å². The van der Waals surface area contributed by atoms with Crippen molar-refractivity contribution in [3.63, 3.8) is 0 Å². The lowest BCUT2D eigenvalue weighted by atomic mass is 10.1. The zero-order valence-corrected chi connectivity index (χ0v) is 8.94. The van der Waals surface area contributed by atoms with Gasteiger partial charge in [-0.15, -0.1) is 0 Å². The second-order valence-electron chi connectivity index (χ2n) is 3.89. The van der Waals surface area contributed by atoms with E-state index in [9.17, 15) is 0 Å². The highest BCUT2D eigenvalue weighted by Gasteiger charge is 2.16.